The summed E-state index contributed by atoms with van der Waals surface area (Å²) in [6.07, 6.45) is 2.79. The van der Waals surface area contributed by atoms with Crippen molar-refractivity contribution < 1.29 is 4.79 Å². The minimum Gasteiger partial charge on any atom is -0.385 e. The van der Waals surface area contributed by atoms with E-state index in [1.54, 1.807) is 0 Å². The molecule has 0 aliphatic rings. The molecule has 126 valence electrons. The van der Waals surface area contributed by atoms with Gasteiger partial charge in [-0.15, -0.1) is 0 Å². The first kappa shape index (κ1) is 18.8. The largest absolute Gasteiger partial charge is 0.385 e. The van der Waals surface area contributed by atoms with Gasteiger partial charge in [0.1, 0.15) is 0 Å². The molecule has 0 unspecified atom stereocenters. The highest BCUT2D eigenvalue weighted by molar-refractivity contribution is 5.95. The number of benzene rings is 1. The minimum atomic E-state index is -0.0759. The molecule has 0 radical (unpaired) electrons. The summed E-state index contributed by atoms with van der Waals surface area (Å²) in [4.78, 5) is 14.4. The monoisotopic (exact) mass is 315 g/mol. The Morgan fingerprint density at radius 3 is 2.17 bits per heavy atom. The molecule has 23 heavy (non-hydrogen) atoms. The number of amides is 1. The molecule has 1 aromatic rings. The minimum absolute atomic E-state index is 0.0759. The molecule has 1 rings (SSSR count). The third-order valence-corrected chi connectivity index (χ3v) is 3.53. The zero-order valence-electron chi connectivity index (χ0n) is 15.2. The van der Waals surface area contributed by atoms with Crippen LogP contribution in [0.15, 0.2) is 47.3 Å². The van der Waals surface area contributed by atoms with Gasteiger partial charge >= 0.3 is 0 Å². The second-order valence-electron chi connectivity index (χ2n) is 5.86. The third-order valence-electron chi connectivity index (χ3n) is 3.53. The summed E-state index contributed by atoms with van der Waals surface area (Å²) < 4.78 is 0. The number of nitrogens with zero attached hydrogens (tertiary/aromatic N) is 1. The number of hydrogen-bond acceptors (Lipinski definition) is 3. The standard InChI is InChI=1S/C19H29N3O/c1-7-16(13-18(14(3)4)20-8-2)21-19(23)15-9-11-17(12-10-15)22(5)6/h9-13,20H,7-8H2,1-6H3,(H,21,23)/b16-13+. The molecule has 1 aromatic carbocycles. The van der Waals surface area contributed by atoms with Gasteiger partial charge in [-0.2, -0.15) is 0 Å². The van der Waals surface area contributed by atoms with Crippen LogP contribution in [0.25, 0.3) is 0 Å². The fourth-order valence-electron chi connectivity index (χ4n) is 2.09. The van der Waals surface area contributed by atoms with E-state index in [4.69, 9.17) is 0 Å². The summed E-state index contributed by atoms with van der Waals surface area (Å²) in [6, 6.07) is 7.60. The number of carbonyl (C=O) groups excluding carboxylic acids is 1. The fourth-order valence-corrected chi connectivity index (χ4v) is 2.09. The summed E-state index contributed by atoms with van der Waals surface area (Å²) in [5.74, 6) is -0.0759. The van der Waals surface area contributed by atoms with E-state index in [0.717, 1.165) is 30.0 Å². The smallest absolute Gasteiger partial charge is 0.255 e. The Morgan fingerprint density at radius 2 is 1.74 bits per heavy atom. The average molecular weight is 315 g/mol. The topological polar surface area (TPSA) is 44.4 Å². The van der Waals surface area contributed by atoms with Crippen LogP contribution in [0.5, 0.6) is 0 Å². The van der Waals surface area contributed by atoms with E-state index in [9.17, 15) is 4.79 Å². The zero-order valence-corrected chi connectivity index (χ0v) is 15.2. The lowest BCUT2D eigenvalue weighted by Gasteiger charge is -2.14. The molecule has 2 N–H and O–H groups in total. The maximum Gasteiger partial charge on any atom is 0.255 e. The Balaban J connectivity index is 2.90. The number of anilines is 1. The summed E-state index contributed by atoms with van der Waals surface area (Å²) in [6.45, 7) is 9.07. The number of likely N-dealkylation sites (N-methyl/N-ethyl adjacent to an activating group) is 1. The first-order valence-electron chi connectivity index (χ1n) is 8.09. The van der Waals surface area contributed by atoms with Crippen LogP contribution in [0.3, 0.4) is 0 Å². The second kappa shape index (κ2) is 9.03. The predicted octanol–water partition coefficient (Wildman–Crippen LogP) is 3.68. The van der Waals surface area contributed by atoms with Crippen LogP contribution in [0.2, 0.25) is 0 Å². The normalized spacial score (nSPS) is 11.0. The Labute approximate surface area is 140 Å². The van der Waals surface area contributed by atoms with Gasteiger partial charge in [-0.25, -0.2) is 0 Å². The van der Waals surface area contributed by atoms with Crippen LogP contribution in [0.1, 0.15) is 44.5 Å². The Hall–Kier alpha value is -2.23. The lowest BCUT2D eigenvalue weighted by molar-refractivity contribution is 0.0965. The third kappa shape index (κ3) is 5.81. The maximum absolute atomic E-state index is 12.4. The van der Waals surface area contributed by atoms with Crippen molar-refractivity contribution >= 4 is 11.6 Å². The van der Waals surface area contributed by atoms with Crippen LogP contribution in [0, 0.1) is 0 Å². The van der Waals surface area contributed by atoms with Crippen LogP contribution in [0.4, 0.5) is 5.69 Å². The fraction of sp³-hybridized carbons (Fsp3) is 0.421. The van der Waals surface area contributed by atoms with E-state index in [-0.39, 0.29) is 5.91 Å². The van der Waals surface area contributed by atoms with Crippen LogP contribution in [-0.4, -0.2) is 26.5 Å². The van der Waals surface area contributed by atoms with Crippen LogP contribution in [-0.2, 0) is 0 Å². The molecule has 0 bridgehead atoms. The van der Waals surface area contributed by atoms with E-state index in [0.29, 0.717) is 5.56 Å². The number of hydrogen-bond donors (Lipinski definition) is 2. The van der Waals surface area contributed by atoms with Crippen LogP contribution >= 0.6 is 0 Å². The molecule has 0 aliphatic heterocycles. The van der Waals surface area contributed by atoms with Crippen molar-refractivity contribution in [2.24, 2.45) is 0 Å². The molecule has 0 aromatic heterocycles. The molecule has 1 amide bonds. The van der Waals surface area contributed by atoms with Gasteiger partial charge in [0.15, 0.2) is 0 Å². The number of carbonyl (C=O) groups is 1. The average Bonchev–Trinajstić information content (AvgIpc) is 2.53. The van der Waals surface area contributed by atoms with E-state index < -0.39 is 0 Å². The highest BCUT2D eigenvalue weighted by Gasteiger charge is 2.08. The van der Waals surface area contributed by atoms with Crippen molar-refractivity contribution in [2.75, 3.05) is 25.5 Å². The number of nitrogens with one attached hydrogen (secondary N) is 2. The highest BCUT2D eigenvalue weighted by atomic mass is 16.1. The van der Waals surface area contributed by atoms with Gasteiger partial charge in [-0.3, -0.25) is 4.79 Å². The molecule has 4 heteroatoms. The molecular weight excluding hydrogens is 286 g/mol. The van der Waals surface area contributed by atoms with Crippen molar-refractivity contribution in [3.05, 3.63) is 52.9 Å². The van der Waals surface area contributed by atoms with Gasteiger partial charge in [0, 0.05) is 43.3 Å². The maximum atomic E-state index is 12.4. The molecular formula is C19H29N3O. The molecule has 4 nitrogen and oxygen atoms in total. The van der Waals surface area contributed by atoms with Crippen molar-refractivity contribution in [3.63, 3.8) is 0 Å². The zero-order chi connectivity index (χ0) is 17.4. The second-order valence-corrected chi connectivity index (χ2v) is 5.86. The van der Waals surface area contributed by atoms with Crippen LogP contribution < -0.4 is 15.5 Å². The summed E-state index contributed by atoms with van der Waals surface area (Å²) in [5.41, 5.74) is 4.91. The lowest BCUT2D eigenvalue weighted by Crippen LogP contribution is -2.24. The summed E-state index contributed by atoms with van der Waals surface area (Å²) in [5, 5.41) is 6.34. The lowest BCUT2D eigenvalue weighted by atomic mass is 10.1. The molecule has 0 aliphatic carbocycles. The van der Waals surface area contributed by atoms with Gasteiger partial charge in [0.05, 0.1) is 0 Å². The Bertz CT molecular complexity index is 579. The first-order chi connectivity index (χ1) is 10.9. The molecule has 0 spiro atoms. The SMILES string of the molecule is CCNC(/C=C(\CC)NC(=O)c1ccc(N(C)C)cc1)=C(C)C. The molecule has 0 atom stereocenters. The van der Waals surface area contributed by atoms with E-state index in [1.165, 1.54) is 5.57 Å². The van der Waals surface area contributed by atoms with Crippen molar-refractivity contribution in [1.82, 2.24) is 10.6 Å². The summed E-state index contributed by atoms with van der Waals surface area (Å²) in [7, 11) is 3.96. The number of allylic oxidation sites excluding steroid dienone is 3. The number of rotatable bonds is 7. The van der Waals surface area contributed by atoms with Crippen molar-refractivity contribution in [2.45, 2.75) is 34.1 Å². The van der Waals surface area contributed by atoms with Crippen molar-refractivity contribution in [3.8, 4) is 0 Å². The molecule has 0 fully saturated rings. The Kier molecular flexibility index (Phi) is 7.39. The van der Waals surface area contributed by atoms with Gasteiger partial charge < -0.3 is 15.5 Å². The molecule has 0 heterocycles. The van der Waals surface area contributed by atoms with Gasteiger partial charge in [-0.1, -0.05) is 12.5 Å². The van der Waals surface area contributed by atoms with Gasteiger partial charge in [0.25, 0.3) is 5.91 Å². The molecule has 0 saturated heterocycles. The van der Waals surface area contributed by atoms with Gasteiger partial charge in [-0.05, 0) is 57.5 Å². The van der Waals surface area contributed by atoms with E-state index >= 15 is 0 Å². The van der Waals surface area contributed by atoms with Crippen molar-refractivity contribution in [1.29, 1.82) is 0 Å². The van der Waals surface area contributed by atoms with Gasteiger partial charge in [0.2, 0.25) is 0 Å². The Morgan fingerprint density at radius 1 is 1.13 bits per heavy atom. The quantitative estimate of drug-likeness (QED) is 0.754. The van der Waals surface area contributed by atoms with E-state index in [2.05, 4.69) is 31.4 Å². The highest BCUT2D eigenvalue weighted by Crippen LogP contribution is 2.13. The first-order valence-corrected chi connectivity index (χ1v) is 8.09. The molecule has 0 saturated carbocycles. The summed E-state index contributed by atoms with van der Waals surface area (Å²) >= 11 is 0. The van der Waals surface area contributed by atoms with E-state index in [1.807, 2.05) is 56.3 Å². The predicted molar refractivity (Wildman–Crippen MR) is 98.7 cm³/mol.